The van der Waals surface area contributed by atoms with Crippen LogP contribution in [0.1, 0.15) is 41.4 Å². The van der Waals surface area contributed by atoms with Crippen LogP contribution in [0.2, 0.25) is 0 Å². The Bertz CT molecular complexity index is 698. The van der Waals surface area contributed by atoms with Crippen molar-refractivity contribution in [2.24, 2.45) is 5.92 Å². The molecule has 1 amide bonds. The maximum atomic E-state index is 12.9. The normalized spacial score (nSPS) is 17.8. The lowest BCUT2D eigenvalue weighted by Gasteiger charge is -2.33. The summed E-state index contributed by atoms with van der Waals surface area (Å²) in [7, 11) is 0. The van der Waals surface area contributed by atoms with Crippen molar-refractivity contribution >= 4 is 5.91 Å². The highest BCUT2D eigenvalue weighted by Gasteiger charge is 2.27. The van der Waals surface area contributed by atoms with Crippen molar-refractivity contribution in [1.82, 2.24) is 20.1 Å². The van der Waals surface area contributed by atoms with Gasteiger partial charge >= 0.3 is 0 Å². The highest BCUT2D eigenvalue weighted by Crippen LogP contribution is 2.24. The number of carbonyl (C=O) groups is 1. The highest BCUT2D eigenvalue weighted by atomic mass is 16.5. The van der Waals surface area contributed by atoms with E-state index in [1.807, 2.05) is 18.0 Å². The smallest absolute Gasteiger partial charge is 0.259 e. The molecule has 2 aromatic rings. The molecule has 0 saturated carbocycles. The predicted octanol–water partition coefficient (Wildman–Crippen LogP) is 2.61. The fraction of sp³-hybridized carbons (Fsp3) is 0.500. The van der Waals surface area contributed by atoms with Gasteiger partial charge in [-0.05, 0) is 56.7 Å². The average Bonchev–Trinajstić information content (AvgIpc) is 3.00. The number of nitrogens with one attached hydrogen (secondary N) is 1. The number of hydrogen-bond donors (Lipinski definition) is 1. The van der Waals surface area contributed by atoms with Crippen LogP contribution >= 0.6 is 0 Å². The molecule has 0 spiro atoms. The number of rotatable bonds is 5. The SMILES string of the molecule is CCOc1ncccc1C(=O)N1CCC[C@@H](Cc2[nH]ncc2C)C1. The summed E-state index contributed by atoms with van der Waals surface area (Å²) < 4.78 is 5.50. The molecule has 2 aromatic heterocycles. The van der Waals surface area contributed by atoms with Crippen LogP contribution in [0.4, 0.5) is 0 Å². The minimum atomic E-state index is 0.0117. The van der Waals surface area contributed by atoms with E-state index in [1.165, 1.54) is 11.3 Å². The van der Waals surface area contributed by atoms with Crippen molar-refractivity contribution < 1.29 is 9.53 Å². The van der Waals surface area contributed by atoms with Gasteiger partial charge < -0.3 is 9.64 Å². The number of aromatic amines is 1. The molecule has 0 aromatic carbocycles. The zero-order valence-corrected chi connectivity index (χ0v) is 14.3. The van der Waals surface area contributed by atoms with Gasteiger partial charge in [0.1, 0.15) is 5.56 Å². The molecule has 0 aliphatic carbocycles. The number of aromatic nitrogens is 3. The molecule has 0 bridgehead atoms. The molecule has 24 heavy (non-hydrogen) atoms. The second kappa shape index (κ2) is 7.47. The van der Waals surface area contributed by atoms with E-state index >= 15 is 0 Å². The van der Waals surface area contributed by atoms with Gasteiger partial charge in [-0.2, -0.15) is 5.10 Å². The van der Waals surface area contributed by atoms with E-state index in [0.717, 1.165) is 32.4 Å². The Morgan fingerprint density at radius 1 is 1.50 bits per heavy atom. The quantitative estimate of drug-likeness (QED) is 0.916. The lowest BCUT2D eigenvalue weighted by atomic mass is 9.92. The molecular formula is C18H24N4O2. The summed E-state index contributed by atoms with van der Waals surface area (Å²) in [5.74, 6) is 0.892. The molecule has 3 rings (SSSR count). The molecule has 6 heteroatoms. The topological polar surface area (TPSA) is 71.1 Å². The summed E-state index contributed by atoms with van der Waals surface area (Å²) in [6, 6.07) is 3.58. The van der Waals surface area contributed by atoms with E-state index in [9.17, 15) is 4.79 Å². The standard InChI is InChI=1S/C18H24N4O2/c1-3-24-17-15(7-4-8-19-17)18(23)22-9-5-6-14(12-22)10-16-13(2)11-20-21-16/h4,7-8,11,14H,3,5-6,9-10,12H2,1-2H3,(H,20,21)/t14-/m0/s1. The molecule has 1 aliphatic rings. The molecule has 1 aliphatic heterocycles. The Morgan fingerprint density at radius 3 is 3.12 bits per heavy atom. The van der Waals surface area contributed by atoms with Crippen LogP contribution in [-0.2, 0) is 6.42 Å². The van der Waals surface area contributed by atoms with E-state index in [1.54, 1.807) is 18.3 Å². The largest absolute Gasteiger partial charge is 0.477 e. The van der Waals surface area contributed by atoms with Crippen LogP contribution in [0, 0.1) is 12.8 Å². The number of hydrogen-bond acceptors (Lipinski definition) is 4. The number of nitrogens with zero attached hydrogens (tertiary/aromatic N) is 3. The summed E-state index contributed by atoms with van der Waals surface area (Å²) in [4.78, 5) is 19.0. The molecular weight excluding hydrogens is 304 g/mol. The van der Waals surface area contributed by atoms with E-state index < -0.39 is 0 Å². The van der Waals surface area contributed by atoms with Crippen LogP contribution in [0.25, 0.3) is 0 Å². The van der Waals surface area contributed by atoms with E-state index in [2.05, 4.69) is 22.1 Å². The summed E-state index contributed by atoms with van der Waals surface area (Å²) >= 11 is 0. The summed E-state index contributed by atoms with van der Waals surface area (Å²) in [6.45, 7) is 6.01. The zero-order chi connectivity index (χ0) is 16.9. The Morgan fingerprint density at radius 2 is 2.38 bits per heavy atom. The van der Waals surface area contributed by atoms with Crippen LogP contribution in [0.5, 0.6) is 5.88 Å². The van der Waals surface area contributed by atoms with Crippen LogP contribution < -0.4 is 4.74 Å². The third kappa shape index (κ3) is 3.58. The third-order valence-electron chi connectivity index (χ3n) is 4.52. The number of aryl methyl sites for hydroxylation is 1. The van der Waals surface area contributed by atoms with Gasteiger partial charge in [0.05, 0.1) is 12.8 Å². The summed E-state index contributed by atoms with van der Waals surface area (Å²) in [5.41, 5.74) is 2.91. The third-order valence-corrected chi connectivity index (χ3v) is 4.52. The first kappa shape index (κ1) is 16.5. The van der Waals surface area contributed by atoms with E-state index in [-0.39, 0.29) is 5.91 Å². The van der Waals surface area contributed by atoms with Crippen LogP contribution in [0.3, 0.4) is 0 Å². The monoisotopic (exact) mass is 328 g/mol. The number of carbonyl (C=O) groups excluding carboxylic acids is 1. The van der Waals surface area contributed by atoms with Crippen LogP contribution in [-0.4, -0.2) is 45.7 Å². The Labute approximate surface area is 142 Å². The Hall–Kier alpha value is -2.37. The number of ether oxygens (including phenoxy) is 1. The van der Waals surface area contributed by atoms with Gasteiger partial charge in [-0.3, -0.25) is 9.89 Å². The van der Waals surface area contributed by atoms with Gasteiger partial charge in [0.15, 0.2) is 0 Å². The Kier molecular flexibility index (Phi) is 5.13. The second-order valence-electron chi connectivity index (χ2n) is 6.28. The Balaban J connectivity index is 1.70. The van der Waals surface area contributed by atoms with Crippen molar-refractivity contribution in [1.29, 1.82) is 0 Å². The van der Waals surface area contributed by atoms with Crippen molar-refractivity contribution in [2.75, 3.05) is 19.7 Å². The lowest BCUT2D eigenvalue weighted by molar-refractivity contribution is 0.0667. The van der Waals surface area contributed by atoms with Crippen molar-refractivity contribution in [3.63, 3.8) is 0 Å². The molecule has 1 saturated heterocycles. The first-order chi connectivity index (χ1) is 11.7. The first-order valence-corrected chi connectivity index (χ1v) is 8.55. The molecule has 128 valence electrons. The zero-order valence-electron chi connectivity index (χ0n) is 14.3. The second-order valence-corrected chi connectivity index (χ2v) is 6.28. The number of amides is 1. The van der Waals surface area contributed by atoms with Crippen molar-refractivity contribution in [3.8, 4) is 5.88 Å². The lowest BCUT2D eigenvalue weighted by Crippen LogP contribution is -2.40. The van der Waals surface area contributed by atoms with Gasteiger partial charge in [0.2, 0.25) is 5.88 Å². The molecule has 0 radical (unpaired) electrons. The maximum Gasteiger partial charge on any atom is 0.259 e. The van der Waals surface area contributed by atoms with Crippen LogP contribution in [0.15, 0.2) is 24.5 Å². The first-order valence-electron chi connectivity index (χ1n) is 8.55. The predicted molar refractivity (Wildman–Crippen MR) is 91.1 cm³/mol. The average molecular weight is 328 g/mol. The number of H-pyrrole nitrogens is 1. The maximum absolute atomic E-state index is 12.9. The van der Waals surface area contributed by atoms with Crippen molar-refractivity contribution in [3.05, 3.63) is 41.3 Å². The van der Waals surface area contributed by atoms with Crippen molar-refractivity contribution in [2.45, 2.75) is 33.1 Å². The summed E-state index contributed by atoms with van der Waals surface area (Å²) in [5, 5.41) is 7.16. The molecule has 1 fully saturated rings. The molecule has 0 unspecified atom stereocenters. The van der Waals surface area contributed by atoms with Gasteiger partial charge in [-0.15, -0.1) is 0 Å². The van der Waals surface area contributed by atoms with E-state index in [4.69, 9.17) is 4.74 Å². The van der Waals surface area contributed by atoms with Gasteiger partial charge in [0, 0.05) is 25.0 Å². The van der Waals surface area contributed by atoms with Gasteiger partial charge in [-0.1, -0.05) is 0 Å². The fourth-order valence-electron chi connectivity index (χ4n) is 3.26. The number of pyridine rings is 1. The molecule has 1 atom stereocenters. The minimum Gasteiger partial charge on any atom is -0.477 e. The highest BCUT2D eigenvalue weighted by molar-refractivity contribution is 5.96. The minimum absolute atomic E-state index is 0.0117. The molecule has 3 heterocycles. The molecule has 6 nitrogen and oxygen atoms in total. The van der Waals surface area contributed by atoms with Gasteiger partial charge in [-0.25, -0.2) is 4.98 Å². The van der Waals surface area contributed by atoms with Gasteiger partial charge in [0.25, 0.3) is 5.91 Å². The fourth-order valence-corrected chi connectivity index (χ4v) is 3.26. The number of piperidine rings is 1. The summed E-state index contributed by atoms with van der Waals surface area (Å²) in [6.07, 6.45) is 6.59. The number of likely N-dealkylation sites (tertiary alicyclic amines) is 1. The molecule has 1 N–H and O–H groups in total. The van der Waals surface area contributed by atoms with E-state index in [0.29, 0.717) is 24.0 Å².